The average Bonchev–Trinajstić information content (AvgIpc) is 3.13. The van der Waals surface area contributed by atoms with E-state index in [-0.39, 0.29) is 0 Å². The van der Waals surface area contributed by atoms with Gasteiger partial charge < -0.3 is 20.1 Å². The number of guanidine groups is 1. The molecule has 7 heteroatoms. The minimum absolute atomic E-state index is 0.614. The van der Waals surface area contributed by atoms with Crippen molar-refractivity contribution in [2.75, 3.05) is 27.3 Å². The second-order valence-electron chi connectivity index (χ2n) is 5.59. The van der Waals surface area contributed by atoms with Gasteiger partial charge in [-0.1, -0.05) is 13.0 Å². The SMILES string of the molecule is CCOc1ccc(CNC(=NC)NCCc2ncc(CC)s2)cc1OC. The molecule has 1 aromatic heterocycles. The molecule has 1 aromatic carbocycles. The number of aromatic nitrogens is 1. The number of thiazole rings is 1. The maximum absolute atomic E-state index is 5.55. The number of ether oxygens (including phenoxy) is 2. The molecule has 0 aliphatic heterocycles. The number of aryl methyl sites for hydroxylation is 1. The molecule has 0 amide bonds. The molecular formula is C19H28N4O2S. The highest BCUT2D eigenvalue weighted by Gasteiger charge is 2.06. The quantitative estimate of drug-likeness (QED) is 0.520. The van der Waals surface area contributed by atoms with Crippen molar-refractivity contribution in [2.24, 2.45) is 4.99 Å². The third kappa shape index (κ3) is 5.91. The van der Waals surface area contributed by atoms with E-state index in [1.165, 1.54) is 4.88 Å². The van der Waals surface area contributed by atoms with E-state index in [1.54, 1.807) is 25.5 Å². The third-order valence-electron chi connectivity index (χ3n) is 3.79. The van der Waals surface area contributed by atoms with Crippen LogP contribution >= 0.6 is 11.3 Å². The lowest BCUT2D eigenvalue weighted by Gasteiger charge is -2.13. The topological polar surface area (TPSA) is 67.8 Å². The number of hydrogen-bond acceptors (Lipinski definition) is 5. The molecule has 0 fully saturated rings. The van der Waals surface area contributed by atoms with Crippen molar-refractivity contribution < 1.29 is 9.47 Å². The van der Waals surface area contributed by atoms with Gasteiger partial charge in [-0.2, -0.15) is 0 Å². The molecule has 2 aromatic rings. The van der Waals surface area contributed by atoms with Gasteiger partial charge in [-0.05, 0) is 31.0 Å². The van der Waals surface area contributed by atoms with Crippen LogP contribution in [0.25, 0.3) is 0 Å². The van der Waals surface area contributed by atoms with Crippen LogP contribution in [-0.4, -0.2) is 38.3 Å². The second-order valence-corrected chi connectivity index (χ2v) is 6.79. The van der Waals surface area contributed by atoms with E-state index in [2.05, 4.69) is 27.5 Å². The predicted molar refractivity (Wildman–Crippen MR) is 108 cm³/mol. The lowest BCUT2D eigenvalue weighted by Crippen LogP contribution is -2.37. The maximum Gasteiger partial charge on any atom is 0.191 e. The Hall–Kier alpha value is -2.28. The van der Waals surface area contributed by atoms with Gasteiger partial charge in [0.15, 0.2) is 17.5 Å². The van der Waals surface area contributed by atoms with Gasteiger partial charge in [-0.25, -0.2) is 4.98 Å². The maximum atomic E-state index is 5.55. The summed E-state index contributed by atoms with van der Waals surface area (Å²) in [6.07, 6.45) is 3.90. The Morgan fingerprint density at radius 1 is 1.23 bits per heavy atom. The first-order valence-electron chi connectivity index (χ1n) is 8.87. The van der Waals surface area contributed by atoms with E-state index in [1.807, 2.05) is 31.3 Å². The van der Waals surface area contributed by atoms with Crippen LogP contribution in [-0.2, 0) is 19.4 Å². The molecule has 142 valence electrons. The summed E-state index contributed by atoms with van der Waals surface area (Å²) in [5, 5.41) is 7.80. The molecular weight excluding hydrogens is 348 g/mol. The summed E-state index contributed by atoms with van der Waals surface area (Å²) in [6.45, 7) is 6.17. The number of hydrogen-bond donors (Lipinski definition) is 2. The third-order valence-corrected chi connectivity index (χ3v) is 4.99. The number of rotatable bonds is 9. The zero-order valence-corrected chi connectivity index (χ0v) is 16.8. The first kappa shape index (κ1) is 20.0. The van der Waals surface area contributed by atoms with Crippen LogP contribution < -0.4 is 20.1 Å². The van der Waals surface area contributed by atoms with Crippen LogP contribution in [0.15, 0.2) is 29.4 Å². The summed E-state index contributed by atoms with van der Waals surface area (Å²) in [4.78, 5) is 10.0. The van der Waals surface area contributed by atoms with Gasteiger partial charge >= 0.3 is 0 Å². The minimum Gasteiger partial charge on any atom is -0.493 e. The Morgan fingerprint density at radius 3 is 2.73 bits per heavy atom. The van der Waals surface area contributed by atoms with Crippen molar-refractivity contribution in [3.8, 4) is 11.5 Å². The molecule has 1 heterocycles. The Kier molecular flexibility index (Phi) is 8.21. The zero-order chi connectivity index (χ0) is 18.8. The van der Waals surface area contributed by atoms with Crippen LogP contribution in [0.2, 0.25) is 0 Å². The molecule has 0 bridgehead atoms. The normalized spacial score (nSPS) is 11.3. The number of methoxy groups -OCH3 is 1. The number of nitrogens with zero attached hydrogens (tertiary/aromatic N) is 2. The largest absolute Gasteiger partial charge is 0.493 e. The fraction of sp³-hybridized carbons (Fsp3) is 0.474. The first-order valence-corrected chi connectivity index (χ1v) is 9.69. The monoisotopic (exact) mass is 376 g/mol. The molecule has 2 rings (SSSR count). The summed E-state index contributed by atoms with van der Waals surface area (Å²) < 4.78 is 10.9. The molecule has 6 nitrogen and oxygen atoms in total. The van der Waals surface area contributed by atoms with Gasteiger partial charge in [0.05, 0.1) is 18.7 Å². The standard InChI is InChI=1S/C19H28N4O2S/c1-5-15-13-22-18(26-15)9-10-21-19(20-3)23-12-14-7-8-16(25-6-2)17(11-14)24-4/h7-8,11,13H,5-6,9-10,12H2,1-4H3,(H2,20,21,23). The highest BCUT2D eigenvalue weighted by molar-refractivity contribution is 7.11. The Labute approximate surface area is 159 Å². The van der Waals surface area contributed by atoms with Gasteiger partial charge in [0.2, 0.25) is 0 Å². The van der Waals surface area contributed by atoms with Crippen LogP contribution in [0.3, 0.4) is 0 Å². The molecule has 0 aliphatic rings. The average molecular weight is 377 g/mol. The summed E-state index contributed by atoms with van der Waals surface area (Å²) >= 11 is 1.77. The summed E-state index contributed by atoms with van der Waals surface area (Å²) in [7, 11) is 3.42. The zero-order valence-electron chi connectivity index (χ0n) is 16.0. The second kappa shape index (κ2) is 10.7. The van der Waals surface area contributed by atoms with E-state index in [4.69, 9.17) is 9.47 Å². The summed E-state index contributed by atoms with van der Waals surface area (Å²) in [5.41, 5.74) is 1.10. The molecule has 2 N–H and O–H groups in total. The van der Waals surface area contributed by atoms with Gasteiger partial charge in [0, 0.05) is 37.6 Å². The van der Waals surface area contributed by atoms with Crippen molar-refractivity contribution in [3.05, 3.63) is 39.8 Å². The van der Waals surface area contributed by atoms with Gasteiger partial charge in [-0.15, -0.1) is 11.3 Å². The Morgan fingerprint density at radius 2 is 2.08 bits per heavy atom. The van der Waals surface area contributed by atoms with E-state index in [0.29, 0.717) is 13.2 Å². The predicted octanol–water partition coefficient (Wildman–Crippen LogP) is 3.02. The van der Waals surface area contributed by atoms with Crippen molar-refractivity contribution >= 4 is 17.3 Å². The fourth-order valence-corrected chi connectivity index (χ4v) is 3.28. The van der Waals surface area contributed by atoms with Crippen molar-refractivity contribution in [1.82, 2.24) is 15.6 Å². The van der Waals surface area contributed by atoms with Gasteiger partial charge in [0.1, 0.15) is 0 Å². The van der Waals surface area contributed by atoms with Crippen molar-refractivity contribution in [1.29, 1.82) is 0 Å². The van der Waals surface area contributed by atoms with Gasteiger partial charge in [-0.3, -0.25) is 4.99 Å². The molecule has 26 heavy (non-hydrogen) atoms. The smallest absolute Gasteiger partial charge is 0.191 e. The Bertz CT molecular complexity index is 715. The lowest BCUT2D eigenvalue weighted by atomic mass is 10.2. The summed E-state index contributed by atoms with van der Waals surface area (Å²) in [5.74, 6) is 2.27. The minimum atomic E-state index is 0.614. The molecule has 0 unspecified atom stereocenters. The van der Waals surface area contributed by atoms with Crippen LogP contribution in [0, 0.1) is 0 Å². The molecule has 0 saturated carbocycles. The molecule has 0 radical (unpaired) electrons. The molecule has 0 aliphatic carbocycles. The number of nitrogens with one attached hydrogen (secondary N) is 2. The molecule has 0 saturated heterocycles. The van der Waals surface area contributed by atoms with Crippen molar-refractivity contribution in [3.63, 3.8) is 0 Å². The number of aliphatic imine (C=N–C) groups is 1. The first-order chi connectivity index (χ1) is 12.7. The summed E-state index contributed by atoms with van der Waals surface area (Å²) in [6, 6.07) is 5.94. The van der Waals surface area contributed by atoms with Crippen LogP contribution in [0.1, 0.15) is 29.3 Å². The lowest BCUT2D eigenvalue weighted by molar-refractivity contribution is 0.310. The van der Waals surface area contributed by atoms with Crippen molar-refractivity contribution in [2.45, 2.75) is 33.2 Å². The molecule has 0 atom stereocenters. The fourth-order valence-electron chi connectivity index (χ4n) is 2.42. The van der Waals surface area contributed by atoms with E-state index in [9.17, 15) is 0 Å². The highest BCUT2D eigenvalue weighted by atomic mass is 32.1. The molecule has 0 spiro atoms. The number of benzene rings is 1. The highest BCUT2D eigenvalue weighted by Crippen LogP contribution is 2.27. The van der Waals surface area contributed by atoms with Crippen LogP contribution in [0.5, 0.6) is 11.5 Å². The van der Waals surface area contributed by atoms with E-state index in [0.717, 1.165) is 47.4 Å². The Balaban J connectivity index is 1.82. The van der Waals surface area contributed by atoms with E-state index >= 15 is 0 Å². The van der Waals surface area contributed by atoms with E-state index < -0.39 is 0 Å². The van der Waals surface area contributed by atoms with Crippen LogP contribution in [0.4, 0.5) is 0 Å². The van der Waals surface area contributed by atoms with Gasteiger partial charge in [0.25, 0.3) is 0 Å².